The number of phenols is 1. The van der Waals surface area contributed by atoms with E-state index in [4.69, 9.17) is 4.42 Å². The van der Waals surface area contributed by atoms with Crippen molar-refractivity contribution in [3.63, 3.8) is 0 Å². The van der Waals surface area contributed by atoms with Crippen LogP contribution in [0.4, 0.5) is 18.9 Å². The third-order valence-electron chi connectivity index (χ3n) is 4.84. The molecule has 1 aliphatic rings. The molecular formula is C22H14F3NO5. The van der Waals surface area contributed by atoms with Crippen molar-refractivity contribution >= 4 is 17.4 Å². The third kappa shape index (κ3) is 3.54. The molecule has 2 heterocycles. The quantitative estimate of drug-likeness (QED) is 0.582. The largest absolute Gasteiger partial charge is 0.508 e. The fourth-order valence-electron chi connectivity index (χ4n) is 3.49. The monoisotopic (exact) mass is 429 g/mol. The maximum Gasteiger partial charge on any atom is 0.416 e. The van der Waals surface area contributed by atoms with Crippen LogP contribution in [-0.2, 0) is 11.0 Å². The Morgan fingerprint density at radius 3 is 2.39 bits per heavy atom. The molecule has 3 aromatic rings. The molecule has 0 aliphatic carbocycles. The van der Waals surface area contributed by atoms with Crippen LogP contribution in [0, 0.1) is 0 Å². The first-order chi connectivity index (χ1) is 14.7. The highest BCUT2D eigenvalue weighted by molar-refractivity contribution is 6.20. The summed E-state index contributed by atoms with van der Waals surface area (Å²) in [5.41, 5.74) is -1.34. The van der Waals surface area contributed by atoms with Gasteiger partial charge in [-0.3, -0.25) is 14.5 Å². The molecule has 0 spiro atoms. The number of amides is 1. The number of alkyl halides is 3. The number of Topliss-reactive ketones (excluding diaryl/α,β-unsaturated/α-hetero) is 1. The summed E-state index contributed by atoms with van der Waals surface area (Å²) in [5, 5.41) is 20.4. The Balaban J connectivity index is 1.90. The molecule has 9 heteroatoms. The molecule has 0 radical (unpaired) electrons. The fraction of sp³-hybridized carbons (Fsp3) is 0.0909. The smallest absolute Gasteiger partial charge is 0.416 e. The van der Waals surface area contributed by atoms with E-state index in [-0.39, 0.29) is 28.3 Å². The molecular weight excluding hydrogens is 415 g/mol. The molecule has 1 amide bonds. The number of phenolic OH excluding ortho intramolecular Hbond substituents is 1. The summed E-state index contributed by atoms with van der Waals surface area (Å²) in [5.74, 6) is -3.12. The van der Waals surface area contributed by atoms with Gasteiger partial charge >= 0.3 is 6.18 Å². The van der Waals surface area contributed by atoms with E-state index >= 15 is 0 Å². The van der Waals surface area contributed by atoms with Crippen molar-refractivity contribution in [2.75, 3.05) is 4.90 Å². The molecule has 0 saturated carbocycles. The number of hydrogen-bond donors (Lipinski definition) is 2. The molecule has 0 saturated heterocycles. The highest BCUT2D eigenvalue weighted by Gasteiger charge is 2.45. The number of hydrogen-bond acceptors (Lipinski definition) is 5. The van der Waals surface area contributed by atoms with Gasteiger partial charge < -0.3 is 14.6 Å². The summed E-state index contributed by atoms with van der Waals surface area (Å²) in [6.45, 7) is 0. The van der Waals surface area contributed by atoms with Gasteiger partial charge in [-0.1, -0.05) is 18.2 Å². The normalized spacial score (nSPS) is 16.8. The lowest BCUT2D eigenvalue weighted by Gasteiger charge is -2.27. The molecule has 31 heavy (non-hydrogen) atoms. The number of ketones is 1. The minimum atomic E-state index is -4.67. The van der Waals surface area contributed by atoms with E-state index in [2.05, 4.69) is 0 Å². The molecule has 1 unspecified atom stereocenters. The first-order valence-electron chi connectivity index (χ1n) is 8.99. The van der Waals surface area contributed by atoms with Crippen LogP contribution in [-0.4, -0.2) is 21.9 Å². The molecule has 0 bridgehead atoms. The van der Waals surface area contributed by atoms with Crippen LogP contribution < -0.4 is 4.90 Å². The number of carbonyl (C=O) groups excluding carboxylic acids is 2. The molecule has 1 aromatic heterocycles. The number of aliphatic hydroxyl groups is 1. The average Bonchev–Trinajstić information content (AvgIpc) is 3.35. The lowest BCUT2D eigenvalue weighted by molar-refractivity contribution is -0.137. The summed E-state index contributed by atoms with van der Waals surface area (Å²) in [6, 6.07) is 11.0. The Hall–Kier alpha value is -4.01. The Morgan fingerprint density at radius 1 is 1.00 bits per heavy atom. The van der Waals surface area contributed by atoms with Crippen LogP contribution in [0.25, 0.3) is 0 Å². The Morgan fingerprint density at radius 2 is 1.74 bits per heavy atom. The fourth-order valence-corrected chi connectivity index (χ4v) is 3.49. The third-order valence-corrected chi connectivity index (χ3v) is 4.84. The minimum absolute atomic E-state index is 0.162. The van der Waals surface area contributed by atoms with Gasteiger partial charge in [0, 0.05) is 5.69 Å². The van der Waals surface area contributed by atoms with Gasteiger partial charge in [-0.25, -0.2) is 0 Å². The number of carbonyl (C=O) groups is 2. The number of anilines is 1. The summed E-state index contributed by atoms with van der Waals surface area (Å²) >= 11 is 0. The lowest BCUT2D eigenvalue weighted by atomic mass is 9.94. The maximum atomic E-state index is 13.2. The Labute approximate surface area is 173 Å². The van der Waals surface area contributed by atoms with Gasteiger partial charge in [0.2, 0.25) is 5.78 Å². The molecule has 4 rings (SSSR count). The van der Waals surface area contributed by atoms with Crippen molar-refractivity contribution in [3.8, 4) is 5.75 Å². The van der Waals surface area contributed by atoms with Gasteiger partial charge in [0.25, 0.3) is 5.91 Å². The highest BCUT2D eigenvalue weighted by Crippen LogP contribution is 2.43. The molecule has 0 fully saturated rings. The number of rotatable bonds is 4. The van der Waals surface area contributed by atoms with E-state index in [9.17, 15) is 33.0 Å². The minimum Gasteiger partial charge on any atom is -0.508 e. The van der Waals surface area contributed by atoms with Gasteiger partial charge in [-0.2, -0.15) is 13.2 Å². The SMILES string of the molecule is O=C(C1=C(O)C(=O)N(c2cccc(C(F)(F)F)c2)C1c1cccc(O)c1)c1ccco1. The van der Waals surface area contributed by atoms with Gasteiger partial charge in [0.05, 0.1) is 23.4 Å². The standard InChI is InChI=1S/C22H14F3NO5/c23-22(24,25)13-5-2-6-14(11-13)26-18(12-4-1-7-15(27)10-12)17(20(29)21(26)30)19(28)16-8-3-9-31-16/h1-11,18,27,29H. The van der Waals surface area contributed by atoms with Gasteiger partial charge in [0.15, 0.2) is 11.5 Å². The van der Waals surface area contributed by atoms with Crippen molar-refractivity contribution in [1.82, 2.24) is 0 Å². The molecule has 2 aromatic carbocycles. The molecule has 2 N–H and O–H groups in total. The van der Waals surface area contributed by atoms with E-state index in [0.29, 0.717) is 0 Å². The number of benzene rings is 2. The van der Waals surface area contributed by atoms with Crippen LogP contribution in [0.2, 0.25) is 0 Å². The summed E-state index contributed by atoms with van der Waals surface area (Å²) in [7, 11) is 0. The van der Waals surface area contributed by atoms with Crippen molar-refractivity contribution in [3.05, 3.63) is 95.1 Å². The first-order valence-corrected chi connectivity index (χ1v) is 8.99. The molecule has 6 nitrogen and oxygen atoms in total. The van der Waals surface area contributed by atoms with Crippen LogP contribution in [0.5, 0.6) is 5.75 Å². The maximum absolute atomic E-state index is 13.2. The number of aliphatic hydroxyl groups excluding tert-OH is 1. The summed E-state index contributed by atoms with van der Waals surface area (Å²) in [4.78, 5) is 26.8. The predicted molar refractivity (Wildman–Crippen MR) is 102 cm³/mol. The van der Waals surface area contributed by atoms with Crippen molar-refractivity contribution in [2.45, 2.75) is 12.2 Å². The molecule has 158 valence electrons. The van der Waals surface area contributed by atoms with E-state index in [1.165, 1.54) is 48.7 Å². The van der Waals surface area contributed by atoms with Gasteiger partial charge in [0.1, 0.15) is 5.75 Å². The van der Waals surface area contributed by atoms with Crippen LogP contribution in [0.1, 0.15) is 27.7 Å². The first kappa shape index (κ1) is 20.3. The van der Waals surface area contributed by atoms with Crippen LogP contribution in [0.3, 0.4) is 0 Å². The van der Waals surface area contributed by atoms with Crippen molar-refractivity contribution in [1.29, 1.82) is 0 Å². The summed E-state index contributed by atoms with van der Waals surface area (Å²) in [6.07, 6.45) is -3.43. The second-order valence-electron chi connectivity index (χ2n) is 6.79. The molecule has 1 aliphatic heterocycles. The molecule has 1 atom stereocenters. The van der Waals surface area contributed by atoms with Crippen molar-refractivity contribution in [2.24, 2.45) is 0 Å². The number of nitrogens with zero attached hydrogens (tertiary/aromatic N) is 1. The Bertz CT molecular complexity index is 1200. The van der Waals surface area contributed by atoms with Gasteiger partial charge in [-0.15, -0.1) is 0 Å². The Kier molecular flexibility index (Phi) is 4.81. The predicted octanol–water partition coefficient (Wildman–Crippen LogP) is 4.79. The van der Waals surface area contributed by atoms with Crippen molar-refractivity contribution < 1.29 is 37.4 Å². The highest BCUT2D eigenvalue weighted by atomic mass is 19.4. The zero-order valence-corrected chi connectivity index (χ0v) is 15.6. The van der Waals surface area contributed by atoms with Gasteiger partial charge in [-0.05, 0) is 48.0 Å². The topological polar surface area (TPSA) is 91.0 Å². The second kappa shape index (κ2) is 7.35. The van der Waals surface area contributed by atoms with E-state index < -0.39 is 35.2 Å². The number of halogens is 3. The van der Waals surface area contributed by atoms with E-state index in [1.54, 1.807) is 0 Å². The van der Waals surface area contributed by atoms with E-state index in [1.807, 2.05) is 0 Å². The number of aromatic hydroxyl groups is 1. The zero-order valence-electron chi connectivity index (χ0n) is 15.6. The second-order valence-corrected chi connectivity index (χ2v) is 6.79. The van der Waals surface area contributed by atoms with Crippen LogP contribution >= 0.6 is 0 Å². The average molecular weight is 429 g/mol. The lowest BCUT2D eigenvalue weighted by Crippen LogP contribution is -2.31. The summed E-state index contributed by atoms with van der Waals surface area (Å²) < 4.78 is 44.8. The zero-order chi connectivity index (χ0) is 22.3. The number of furan rings is 1. The van der Waals surface area contributed by atoms with E-state index in [0.717, 1.165) is 23.1 Å². The van der Waals surface area contributed by atoms with Crippen LogP contribution in [0.15, 0.2) is 82.7 Å².